The smallest absolute Gasteiger partial charge is 0.341 e. The summed E-state index contributed by atoms with van der Waals surface area (Å²) in [6, 6.07) is 0. The third-order valence-electron chi connectivity index (χ3n) is 3.63. The standard InChI is InChI=1S/C13H9F3N2O3/c1-17-3-2-5-8(14)10(16)9(15)7-11(5)18(17)4-6(12(7)19)13(20)21/h4H,2-3H2,1H3,(H,20,21). The second-order valence-electron chi connectivity index (χ2n) is 4.80. The fraction of sp³-hybridized carbons (Fsp3) is 0.231. The molecular formula is C13H9F3N2O3. The third kappa shape index (κ3) is 1.65. The molecule has 1 aliphatic heterocycles. The molecule has 2 aromatic rings. The van der Waals surface area contributed by atoms with Crippen molar-refractivity contribution in [1.82, 2.24) is 4.68 Å². The summed E-state index contributed by atoms with van der Waals surface area (Å²) >= 11 is 0. The molecule has 0 unspecified atom stereocenters. The van der Waals surface area contributed by atoms with E-state index in [-0.39, 0.29) is 24.0 Å². The van der Waals surface area contributed by atoms with Crippen LogP contribution in [0.1, 0.15) is 15.9 Å². The lowest BCUT2D eigenvalue weighted by molar-refractivity contribution is 0.0695. The summed E-state index contributed by atoms with van der Waals surface area (Å²) in [6.07, 6.45) is 1.08. The Morgan fingerprint density at radius 3 is 2.52 bits per heavy atom. The zero-order chi connectivity index (χ0) is 15.5. The van der Waals surface area contributed by atoms with Gasteiger partial charge in [-0.3, -0.25) is 9.47 Å². The summed E-state index contributed by atoms with van der Waals surface area (Å²) in [7, 11) is 1.57. The summed E-state index contributed by atoms with van der Waals surface area (Å²) in [5.74, 6) is -6.32. The minimum absolute atomic E-state index is 0.0852. The van der Waals surface area contributed by atoms with Crippen LogP contribution in [0.15, 0.2) is 11.0 Å². The van der Waals surface area contributed by atoms with E-state index in [1.54, 1.807) is 7.05 Å². The zero-order valence-corrected chi connectivity index (χ0v) is 10.8. The lowest BCUT2D eigenvalue weighted by Gasteiger charge is -2.30. The van der Waals surface area contributed by atoms with Gasteiger partial charge in [-0.25, -0.2) is 18.0 Å². The van der Waals surface area contributed by atoms with Gasteiger partial charge in [0.15, 0.2) is 17.5 Å². The number of aromatic nitrogens is 1. The number of pyridine rings is 1. The number of halogens is 3. The van der Waals surface area contributed by atoms with Crippen molar-refractivity contribution in [3.8, 4) is 0 Å². The van der Waals surface area contributed by atoms with Crippen LogP contribution in [0.5, 0.6) is 0 Å². The maximum atomic E-state index is 14.0. The number of likely N-dealkylation sites (N-methyl/N-ethyl adjacent to an activating group) is 1. The van der Waals surface area contributed by atoms with Crippen molar-refractivity contribution in [2.24, 2.45) is 0 Å². The normalized spacial score (nSPS) is 13.8. The topological polar surface area (TPSA) is 62.5 Å². The Bertz CT molecular complexity index is 860. The van der Waals surface area contributed by atoms with Gasteiger partial charge in [0, 0.05) is 25.4 Å². The fourth-order valence-corrected chi connectivity index (χ4v) is 2.57. The molecule has 0 bridgehead atoms. The summed E-state index contributed by atoms with van der Waals surface area (Å²) in [5, 5.41) is 9.77. The fourth-order valence-electron chi connectivity index (χ4n) is 2.57. The highest BCUT2D eigenvalue weighted by molar-refractivity contribution is 5.94. The Hall–Kier alpha value is -2.51. The summed E-state index contributed by atoms with van der Waals surface area (Å²) in [4.78, 5) is 23.1. The third-order valence-corrected chi connectivity index (χ3v) is 3.63. The van der Waals surface area contributed by atoms with Gasteiger partial charge >= 0.3 is 5.97 Å². The Morgan fingerprint density at radius 2 is 1.90 bits per heavy atom. The quantitative estimate of drug-likeness (QED) is 0.805. The molecule has 0 saturated heterocycles. The van der Waals surface area contributed by atoms with Crippen LogP contribution in [0.3, 0.4) is 0 Å². The number of carboxylic acid groups (broad SMARTS) is 1. The lowest BCUT2D eigenvalue weighted by Crippen LogP contribution is -2.39. The first kappa shape index (κ1) is 13.5. The van der Waals surface area contributed by atoms with Gasteiger partial charge in [-0.05, 0) is 6.42 Å². The van der Waals surface area contributed by atoms with Crippen LogP contribution in [-0.4, -0.2) is 29.3 Å². The van der Waals surface area contributed by atoms with E-state index in [9.17, 15) is 22.8 Å². The van der Waals surface area contributed by atoms with E-state index in [0.717, 1.165) is 6.20 Å². The molecule has 0 amide bonds. The van der Waals surface area contributed by atoms with Crippen molar-refractivity contribution in [2.45, 2.75) is 6.42 Å². The molecule has 0 fully saturated rings. The van der Waals surface area contributed by atoms with Crippen LogP contribution in [-0.2, 0) is 6.42 Å². The van der Waals surface area contributed by atoms with Crippen LogP contribution in [0.2, 0.25) is 0 Å². The molecule has 1 aliphatic rings. The molecule has 1 N–H and O–H groups in total. The maximum Gasteiger partial charge on any atom is 0.341 e. The molecule has 110 valence electrons. The molecule has 0 saturated carbocycles. The first-order valence-electron chi connectivity index (χ1n) is 6.04. The van der Waals surface area contributed by atoms with Crippen LogP contribution < -0.4 is 10.4 Å². The van der Waals surface area contributed by atoms with Crippen LogP contribution in [0.25, 0.3) is 10.9 Å². The highest BCUT2D eigenvalue weighted by Gasteiger charge is 2.29. The number of nitrogens with zero attached hydrogens (tertiary/aromatic N) is 2. The number of rotatable bonds is 1. The summed E-state index contributed by atoms with van der Waals surface area (Å²) < 4.78 is 42.6. The van der Waals surface area contributed by atoms with E-state index in [1.807, 2.05) is 0 Å². The molecule has 8 heteroatoms. The highest BCUT2D eigenvalue weighted by Crippen LogP contribution is 2.29. The summed E-state index contributed by atoms with van der Waals surface area (Å²) in [5.41, 5.74) is -2.13. The number of benzene rings is 1. The molecule has 0 radical (unpaired) electrons. The highest BCUT2D eigenvalue weighted by atomic mass is 19.2. The van der Waals surface area contributed by atoms with Gasteiger partial charge in [-0.2, -0.15) is 0 Å². The van der Waals surface area contributed by atoms with Crippen molar-refractivity contribution in [3.05, 3.63) is 45.0 Å². The SMILES string of the molecule is CN1CCc2c(F)c(F)c(F)c3c(=O)c(C(=O)O)cn1c23. The van der Waals surface area contributed by atoms with Crippen LogP contribution in [0, 0.1) is 17.5 Å². The first-order valence-corrected chi connectivity index (χ1v) is 6.04. The molecule has 2 heterocycles. The maximum absolute atomic E-state index is 14.0. The number of hydrogen-bond acceptors (Lipinski definition) is 3. The van der Waals surface area contributed by atoms with Gasteiger partial charge in [-0.15, -0.1) is 0 Å². The number of carboxylic acids is 1. The predicted molar refractivity (Wildman–Crippen MR) is 67.8 cm³/mol. The molecule has 21 heavy (non-hydrogen) atoms. The Labute approximate surface area is 115 Å². The number of hydrogen-bond donors (Lipinski definition) is 1. The van der Waals surface area contributed by atoms with Crippen LogP contribution >= 0.6 is 0 Å². The van der Waals surface area contributed by atoms with Crippen LogP contribution in [0.4, 0.5) is 13.2 Å². The van der Waals surface area contributed by atoms with Crippen molar-refractivity contribution in [2.75, 3.05) is 18.6 Å². The monoisotopic (exact) mass is 298 g/mol. The molecule has 3 rings (SSSR count). The van der Waals surface area contributed by atoms with Gasteiger partial charge in [0.05, 0.1) is 10.9 Å². The Balaban J connectivity index is 2.64. The van der Waals surface area contributed by atoms with E-state index in [1.165, 1.54) is 9.69 Å². The van der Waals surface area contributed by atoms with Gasteiger partial charge in [0.25, 0.3) is 0 Å². The molecule has 0 atom stereocenters. The van der Waals surface area contributed by atoms with Crippen molar-refractivity contribution in [1.29, 1.82) is 0 Å². The van der Waals surface area contributed by atoms with Gasteiger partial charge < -0.3 is 10.1 Å². The zero-order valence-electron chi connectivity index (χ0n) is 10.8. The van der Waals surface area contributed by atoms with E-state index in [4.69, 9.17) is 5.11 Å². The lowest BCUT2D eigenvalue weighted by atomic mass is 10.0. The second kappa shape index (κ2) is 4.24. The second-order valence-corrected chi connectivity index (χ2v) is 4.80. The van der Waals surface area contributed by atoms with Crippen molar-refractivity contribution >= 4 is 16.9 Å². The molecule has 0 aliphatic carbocycles. The Kier molecular flexibility index (Phi) is 2.72. The molecule has 5 nitrogen and oxygen atoms in total. The van der Waals surface area contributed by atoms with E-state index < -0.39 is 39.8 Å². The van der Waals surface area contributed by atoms with Gasteiger partial charge in [0.2, 0.25) is 5.43 Å². The molecule has 1 aromatic heterocycles. The van der Waals surface area contributed by atoms with E-state index in [2.05, 4.69) is 0 Å². The van der Waals surface area contributed by atoms with Crippen molar-refractivity contribution < 1.29 is 23.1 Å². The minimum Gasteiger partial charge on any atom is -0.477 e. The molecule has 1 aromatic carbocycles. The number of aromatic carboxylic acids is 1. The molecular weight excluding hydrogens is 289 g/mol. The Morgan fingerprint density at radius 1 is 1.24 bits per heavy atom. The van der Waals surface area contributed by atoms with Gasteiger partial charge in [0.1, 0.15) is 5.56 Å². The van der Waals surface area contributed by atoms with E-state index >= 15 is 0 Å². The average molecular weight is 298 g/mol. The first-order chi connectivity index (χ1) is 9.84. The number of carbonyl (C=O) groups is 1. The largest absolute Gasteiger partial charge is 0.477 e. The summed E-state index contributed by atoms with van der Waals surface area (Å²) in [6.45, 7) is 0.270. The molecule has 0 spiro atoms. The predicted octanol–water partition coefficient (Wildman–Crippen LogP) is 1.24. The van der Waals surface area contributed by atoms with E-state index in [0.29, 0.717) is 0 Å². The van der Waals surface area contributed by atoms with Crippen molar-refractivity contribution in [3.63, 3.8) is 0 Å². The van der Waals surface area contributed by atoms with Gasteiger partial charge in [-0.1, -0.05) is 0 Å². The average Bonchev–Trinajstić information content (AvgIpc) is 2.43. The minimum atomic E-state index is -1.76.